The highest BCUT2D eigenvalue weighted by Crippen LogP contribution is 2.21. The second kappa shape index (κ2) is 6.19. The van der Waals surface area contributed by atoms with Crippen molar-refractivity contribution >= 4 is 17.7 Å². The molecule has 1 rings (SSSR count). The molecule has 2 N–H and O–H groups in total. The lowest BCUT2D eigenvalue weighted by Gasteiger charge is -2.16. The summed E-state index contributed by atoms with van der Waals surface area (Å²) in [7, 11) is 0. The number of hydrogen-bond donors (Lipinski definition) is 2. The molecule has 0 aliphatic rings. The molecule has 0 aliphatic carbocycles. The highest BCUT2D eigenvalue weighted by atomic mass is 32.2. The first-order chi connectivity index (χ1) is 8.28. The van der Waals surface area contributed by atoms with E-state index in [1.165, 1.54) is 12.1 Å². The Labute approximate surface area is 108 Å². The van der Waals surface area contributed by atoms with Crippen LogP contribution in [0.4, 0.5) is 8.78 Å². The van der Waals surface area contributed by atoms with Crippen LogP contribution in [0.15, 0.2) is 16.5 Å². The Hall–Kier alpha value is -1.08. The first-order valence-corrected chi connectivity index (χ1v) is 6.32. The van der Waals surface area contributed by atoms with Crippen LogP contribution >= 0.6 is 11.8 Å². The van der Waals surface area contributed by atoms with Gasteiger partial charge in [-0.25, -0.2) is 0 Å². The van der Waals surface area contributed by atoms with E-state index in [0.29, 0.717) is 17.5 Å². The molecular weight excluding hydrogens is 264 g/mol. The summed E-state index contributed by atoms with van der Waals surface area (Å²) >= 11 is 0.428. The van der Waals surface area contributed by atoms with E-state index in [2.05, 4.69) is 5.32 Å². The number of alkyl halides is 2. The molecule has 1 aromatic rings. The van der Waals surface area contributed by atoms with E-state index >= 15 is 0 Å². The van der Waals surface area contributed by atoms with Gasteiger partial charge in [-0.2, -0.15) is 8.78 Å². The number of carbonyl (C=O) groups excluding carboxylic acids is 1. The third-order valence-electron chi connectivity index (χ3n) is 1.92. The second-order valence-corrected chi connectivity index (χ2v) is 5.31. The number of aliphatic hydroxyl groups is 1. The fraction of sp³-hybridized carbons (Fsp3) is 0.545. The molecular formula is C11H15F2NO3S. The van der Waals surface area contributed by atoms with Gasteiger partial charge in [-0.3, -0.25) is 4.79 Å². The SMILES string of the molecule is CC(C)(O)CNC(=O)c1ccc(CSC(F)F)o1. The number of nitrogens with one attached hydrogen (secondary N) is 1. The van der Waals surface area contributed by atoms with Crippen LogP contribution < -0.4 is 5.32 Å². The second-order valence-electron chi connectivity index (χ2n) is 4.33. The van der Waals surface area contributed by atoms with Crippen molar-refractivity contribution in [1.82, 2.24) is 5.32 Å². The van der Waals surface area contributed by atoms with Gasteiger partial charge in [0.05, 0.1) is 11.4 Å². The van der Waals surface area contributed by atoms with Gasteiger partial charge in [0.25, 0.3) is 11.7 Å². The quantitative estimate of drug-likeness (QED) is 0.838. The largest absolute Gasteiger partial charge is 0.455 e. The molecule has 0 fully saturated rings. The molecule has 4 nitrogen and oxygen atoms in total. The van der Waals surface area contributed by atoms with Gasteiger partial charge in [-0.05, 0) is 26.0 Å². The van der Waals surface area contributed by atoms with Crippen LogP contribution in [0.25, 0.3) is 0 Å². The summed E-state index contributed by atoms with van der Waals surface area (Å²) in [5, 5.41) is 11.9. The maximum atomic E-state index is 12.0. The van der Waals surface area contributed by atoms with Gasteiger partial charge in [0, 0.05) is 6.54 Å². The van der Waals surface area contributed by atoms with Crippen LogP contribution in [-0.4, -0.2) is 28.9 Å². The highest BCUT2D eigenvalue weighted by molar-refractivity contribution is 7.98. The van der Waals surface area contributed by atoms with Gasteiger partial charge >= 0.3 is 0 Å². The monoisotopic (exact) mass is 279 g/mol. The van der Waals surface area contributed by atoms with Crippen molar-refractivity contribution in [1.29, 1.82) is 0 Å². The minimum atomic E-state index is -2.47. The van der Waals surface area contributed by atoms with E-state index in [9.17, 15) is 18.7 Å². The number of furan rings is 1. The fourth-order valence-corrected chi connectivity index (χ4v) is 1.55. The number of halogens is 2. The molecule has 0 saturated heterocycles. The van der Waals surface area contributed by atoms with Gasteiger partial charge in [0.15, 0.2) is 5.76 Å². The summed E-state index contributed by atoms with van der Waals surface area (Å²) in [6.45, 7) is 3.19. The van der Waals surface area contributed by atoms with E-state index in [-0.39, 0.29) is 18.1 Å². The Morgan fingerprint density at radius 1 is 1.56 bits per heavy atom. The van der Waals surface area contributed by atoms with Crippen LogP contribution in [-0.2, 0) is 5.75 Å². The van der Waals surface area contributed by atoms with Crippen molar-refractivity contribution in [3.63, 3.8) is 0 Å². The van der Waals surface area contributed by atoms with Gasteiger partial charge in [0.2, 0.25) is 0 Å². The van der Waals surface area contributed by atoms with Gasteiger partial charge in [0.1, 0.15) is 5.76 Å². The van der Waals surface area contributed by atoms with E-state index in [1.807, 2.05) is 0 Å². The molecule has 0 aliphatic heterocycles. The van der Waals surface area contributed by atoms with Crippen LogP contribution in [0.1, 0.15) is 30.2 Å². The summed E-state index contributed by atoms with van der Waals surface area (Å²) in [5.41, 5.74) is -1.02. The molecule has 0 saturated carbocycles. The summed E-state index contributed by atoms with van der Waals surface area (Å²) in [5.74, 6) is -2.58. The molecule has 0 bridgehead atoms. The number of amides is 1. The molecule has 18 heavy (non-hydrogen) atoms. The standard InChI is InChI=1S/C11H15F2NO3S/c1-11(2,16)6-14-9(15)8-4-3-7(17-8)5-18-10(12)13/h3-4,10,16H,5-6H2,1-2H3,(H,14,15). The van der Waals surface area contributed by atoms with E-state index in [4.69, 9.17) is 4.42 Å². The molecule has 7 heteroatoms. The molecule has 0 atom stereocenters. The number of carbonyl (C=O) groups is 1. The summed E-state index contributed by atoms with van der Waals surface area (Å²) in [6, 6.07) is 2.90. The Morgan fingerprint density at radius 2 is 2.22 bits per heavy atom. The summed E-state index contributed by atoms with van der Waals surface area (Å²) < 4.78 is 29.0. The lowest BCUT2D eigenvalue weighted by molar-refractivity contribution is 0.0680. The van der Waals surface area contributed by atoms with Crippen molar-refractivity contribution in [2.75, 3.05) is 6.54 Å². The van der Waals surface area contributed by atoms with Gasteiger partial charge in [-0.1, -0.05) is 11.8 Å². The van der Waals surface area contributed by atoms with Gasteiger partial charge in [-0.15, -0.1) is 0 Å². The minimum absolute atomic E-state index is 0.0104. The molecule has 1 heterocycles. The normalized spacial score (nSPS) is 11.9. The topological polar surface area (TPSA) is 62.5 Å². The maximum Gasteiger partial charge on any atom is 0.287 e. The van der Waals surface area contributed by atoms with Crippen LogP contribution in [0, 0.1) is 0 Å². The molecule has 0 unspecified atom stereocenters. The zero-order chi connectivity index (χ0) is 13.8. The maximum absolute atomic E-state index is 12.0. The minimum Gasteiger partial charge on any atom is -0.455 e. The Morgan fingerprint density at radius 3 is 2.78 bits per heavy atom. The van der Waals surface area contributed by atoms with Crippen LogP contribution in [0.5, 0.6) is 0 Å². The Bertz CT molecular complexity index is 401. The highest BCUT2D eigenvalue weighted by Gasteiger charge is 2.17. The fourth-order valence-electron chi connectivity index (χ4n) is 1.11. The zero-order valence-electron chi connectivity index (χ0n) is 10.1. The van der Waals surface area contributed by atoms with Crippen LogP contribution in [0.2, 0.25) is 0 Å². The average molecular weight is 279 g/mol. The zero-order valence-corrected chi connectivity index (χ0v) is 10.9. The molecule has 102 valence electrons. The molecule has 1 amide bonds. The predicted molar refractivity (Wildman–Crippen MR) is 64.6 cm³/mol. The van der Waals surface area contributed by atoms with Crippen molar-refractivity contribution in [3.8, 4) is 0 Å². The number of hydrogen-bond acceptors (Lipinski definition) is 4. The average Bonchev–Trinajstić information content (AvgIpc) is 2.70. The number of thioether (sulfide) groups is 1. The van der Waals surface area contributed by atoms with Crippen molar-refractivity contribution in [2.45, 2.75) is 31.0 Å². The summed E-state index contributed by atoms with van der Waals surface area (Å²) in [4.78, 5) is 11.6. The first-order valence-electron chi connectivity index (χ1n) is 5.27. The number of rotatable bonds is 6. The summed E-state index contributed by atoms with van der Waals surface area (Å²) in [6.07, 6.45) is 0. The predicted octanol–water partition coefficient (Wildman–Crippen LogP) is 2.24. The van der Waals surface area contributed by atoms with E-state index in [1.54, 1.807) is 13.8 Å². The van der Waals surface area contributed by atoms with Crippen molar-refractivity contribution < 1.29 is 23.1 Å². The lowest BCUT2D eigenvalue weighted by Crippen LogP contribution is -2.38. The smallest absolute Gasteiger partial charge is 0.287 e. The van der Waals surface area contributed by atoms with Crippen molar-refractivity contribution in [2.24, 2.45) is 0 Å². The molecule has 1 aromatic heterocycles. The van der Waals surface area contributed by atoms with Crippen molar-refractivity contribution in [3.05, 3.63) is 23.7 Å². The third kappa shape index (κ3) is 5.50. The third-order valence-corrected chi connectivity index (χ3v) is 2.62. The molecule has 0 radical (unpaired) electrons. The van der Waals surface area contributed by atoms with Gasteiger partial charge < -0.3 is 14.8 Å². The molecule has 0 aromatic carbocycles. The Balaban J connectivity index is 2.49. The van der Waals surface area contributed by atoms with E-state index < -0.39 is 17.3 Å². The van der Waals surface area contributed by atoms with E-state index in [0.717, 1.165) is 0 Å². The van der Waals surface area contributed by atoms with Crippen LogP contribution in [0.3, 0.4) is 0 Å². The Kier molecular flexibility index (Phi) is 5.15. The molecule has 0 spiro atoms. The lowest BCUT2D eigenvalue weighted by atomic mass is 10.1. The first kappa shape index (κ1) is 15.0.